The van der Waals surface area contributed by atoms with Gasteiger partial charge in [0.25, 0.3) is 0 Å². The zero-order valence-electron chi connectivity index (χ0n) is 8.75. The summed E-state index contributed by atoms with van der Waals surface area (Å²) < 4.78 is 0. The van der Waals surface area contributed by atoms with Crippen LogP contribution in [0.5, 0.6) is 0 Å². The number of rotatable bonds is 5. The lowest BCUT2D eigenvalue weighted by Crippen LogP contribution is -2.57. The maximum absolute atomic E-state index is 11.3. The second kappa shape index (κ2) is 4.50. The van der Waals surface area contributed by atoms with Gasteiger partial charge in [-0.1, -0.05) is 0 Å². The van der Waals surface area contributed by atoms with Crippen LogP contribution in [0.1, 0.15) is 25.7 Å². The maximum Gasteiger partial charge on any atom is 0.357 e. The largest absolute Gasteiger partial charge is 0.481 e. The van der Waals surface area contributed by atoms with Crippen molar-refractivity contribution in [2.75, 3.05) is 0 Å². The fraction of sp³-hybridized carbons (Fsp3) is 0.556. The number of carboxylic acids is 2. The molecule has 8 heteroatoms. The summed E-state index contributed by atoms with van der Waals surface area (Å²) in [5, 5.41) is 27.1. The van der Waals surface area contributed by atoms with Crippen LogP contribution in [0.25, 0.3) is 0 Å². The highest BCUT2D eigenvalue weighted by molar-refractivity contribution is 6.05. The summed E-state index contributed by atoms with van der Waals surface area (Å²) in [4.78, 5) is 44.1. The van der Waals surface area contributed by atoms with Gasteiger partial charge in [-0.05, 0) is 0 Å². The van der Waals surface area contributed by atoms with Crippen LogP contribution < -0.4 is 0 Å². The summed E-state index contributed by atoms with van der Waals surface area (Å²) in [6.45, 7) is 0. The molecular weight excluding hydrogens is 234 g/mol. The summed E-state index contributed by atoms with van der Waals surface area (Å²) in [7, 11) is 0. The Bertz CT molecular complexity index is 375. The van der Waals surface area contributed by atoms with Crippen molar-refractivity contribution >= 4 is 23.8 Å². The molecule has 0 aromatic carbocycles. The Morgan fingerprint density at radius 2 is 1.65 bits per heavy atom. The molecule has 1 heterocycles. The highest BCUT2D eigenvalue weighted by Crippen LogP contribution is 2.26. The van der Waals surface area contributed by atoms with Gasteiger partial charge >= 0.3 is 11.9 Å². The Morgan fingerprint density at radius 1 is 1.18 bits per heavy atom. The fourth-order valence-electron chi connectivity index (χ4n) is 1.58. The number of carbonyl (C=O) groups is 4. The number of hydrogen-bond donors (Lipinski definition) is 3. The summed E-state index contributed by atoms with van der Waals surface area (Å²) in [6, 6.07) is 0. The standard InChI is InChI=1S/C9H11NO7/c11-5-1-2-6(12)10(5)9(17,8(15)16)4-3-7(13)14/h17H,1-4H2,(H,13,14)(H,15,16). The molecule has 0 saturated carbocycles. The lowest BCUT2D eigenvalue weighted by molar-refractivity contribution is -0.191. The number of likely N-dealkylation sites (tertiary alicyclic amines) is 1. The van der Waals surface area contributed by atoms with Crippen molar-refractivity contribution in [2.24, 2.45) is 0 Å². The number of imide groups is 1. The van der Waals surface area contributed by atoms with Crippen molar-refractivity contribution in [2.45, 2.75) is 31.4 Å². The van der Waals surface area contributed by atoms with Crippen molar-refractivity contribution in [3.05, 3.63) is 0 Å². The van der Waals surface area contributed by atoms with E-state index < -0.39 is 42.3 Å². The maximum atomic E-state index is 11.3. The van der Waals surface area contributed by atoms with E-state index in [1.165, 1.54) is 0 Å². The Balaban J connectivity index is 2.98. The monoisotopic (exact) mass is 245 g/mol. The van der Waals surface area contributed by atoms with Crippen LogP contribution in [0.3, 0.4) is 0 Å². The Labute approximate surface area is 95.4 Å². The third-order valence-corrected chi connectivity index (χ3v) is 2.45. The molecular formula is C9H11NO7. The van der Waals surface area contributed by atoms with E-state index >= 15 is 0 Å². The third kappa shape index (κ3) is 2.41. The number of amides is 2. The second-order valence-corrected chi connectivity index (χ2v) is 3.64. The minimum absolute atomic E-state index is 0.179. The summed E-state index contributed by atoms with van der Waals surface area (Å²) in [5.41, 5.74) is -2.77. The second-order valence-electron chi connectivity index (χ2n) is 3.64. The van der Waals surface area contributed by atoms with Gasteiger partial charge in [0.1, 0.15) is 0 Å². The molecule has 0 spiro atoms. The molecule has 94 valence electrons. The van der Waals surface area contributed by atoms with Gasteiger partial charge in [-0.15, -0.1) is 0 Å². The lowest BCUT2D eigenvalue weighted by atomic mass is 10.1. The van der Waals surface area contributed by atoms with Crippen molar-refractivity contribution in [1.82, 2.24) is 4.90 Å². The van der Waals surface area contributed by atoms with Gasteiger partial charge in [0.15, 0.2) is 0 Å². The minimum atomic E-state index is -2.77. The molecule has 1 fully saturated rings. The highest BCUT2D eigenvalue weighted by atomic mass is 16.4. The molecule has 0 radical (unpaired) electrons. The van der Waals surface area contributed by atoms with Crippen LogP contribution in [0.2, 0.25) is 0 Å². The van der Waals surface area contributed by atoms with Crippen molar-refractivity contribution < 1.29 is 34.5 Å². The summed E-state index contributed by atoms with van der Waals surface area (Å²) >= 11 is 0. The molecule has 17 heavy (non-hydrogen) atoms. The van der Waals surface area contributed by atoms with Crippen molar-refractivity contribution in [3.63, 3.8) is 0 Å². The Kier molecular flexibility index (Phi) is 3.47. The van der Waals surface area contributed by atoms with Crippen LogP contribution in [0.4, 0.5) is 0 Å². The quantitative estimate of drug-likeness (QED) is 0.516. The van der Waals surface area contributed by atoms with Gasteiger partial charge in [0.05, 0.1) is 6.42 Å². The zero-order chi connectivity index (χ0) is 13.2. The summed E-state index contributed by atoms with van der Waals surface area (Å²) in [5.74, 6) is -4.78. The van der Waals surface area contributed by atoms with E-state index in [1.807, 2.05) is 0 Å². The number of carbonyl (C=O) groups excluding carboxylic acids is 2. The molecule has 0 aromatic rings. The van der Waals surface area contributed by atoms with Gasteiger partial charge in [0.2, 0.25) is 17.5 Å². The SMILES string of the molecule is O=C(O)CCC(O)(C(=O)O)N1C(=O)CCC1=O. The predicted molar refractivity (Wildman–Crippen MR) is 50.5 cm³/mol. The van der Waals surface area contributed by atoms with Gasteiger partial charge in [-0.2, -0.15) is 0 Å². The number of aliphatic hydroxyl groups is 1. The van der Waals surface area contributed by atoms with E-state index in [1.54, 1.807) is 0 Å². The number of nitrogens with zero attached hydrogens (tertiary/aromatic N) is 1. The first kappa shape index (κ1) is 13.1. The topological polar surface area (TPSA) is 132 Å². The molecule has 0 aromatic heterocycles. The van der Waals surface area contributed by atoms with Crippen LogP contribution in [0.15, 0.2) is 0 Å². The van der Waals surface area contributed by atoms with Crippen molar-refractivity contribution in [1.29, 1.82) is 0 Å². The first-order valence-electron chi connectivity index (χ1n) is 4.82. The number of aliphatic carboxylic acids is 2. The minimum Gasteiger partial charge on any atom is -0.481 e. The molecule has 3 N–H and O–H groups in total. The van der Waals surface area contributed by atoms with Crippen LogP contribution >= 0.6 is 0 Å². The van der Waals surface area contributed by atoms with Gasteiger partial charge in [-0.25, -0.2) is 9.69 Å². The lowest BCUT2D eigenvalue weighted by Gasteiger charge is -2.31. The van der Waals surface area contributed by atoms with E-state index in [0.717, 1.165) is 0 Å². The fourth-order valence-corrected chi connectivity index (χ4v) is 1.58. The predicted octanol–water partition coefficient (Wildman–Crippen LogP) is -1.23. The Hall–Kier alpha value is -1.96. The van der Waals surface area contributed by atoms with E-state index in [9.17, 15) is 24.3 Å². The van der Waals surface area contributed by atoms with E-state index in [2.05, 4.69) is 0 Å². The number of hydrogen-bond acceptors (Lipinski definition) is 5. The summed E-state index contributed by atoms with van der Waals surface area (Å²) in [6.07, 6.45) is -1.77. The molecule has 1 atom stereocenters. The smallest absolute Gasteiger partial charge is 0.357 e. The Morgan fingerprint density at radius 3 is 2.00 bits per heavy atom. The zero-order valence-corrected chi connectivity index (χ0v) is 8.75. The van der Waals surface area contributed by atoms with Gasteiger partial charge in [-0.3, -0.25) is 14.4 Å². The molecule has 2 amide bonds. The average Bonchev–Trinajstić information content (AvgIpc) is 2.55. The van der Waals surface area contributed by atoms with Crippen LogP contribution in [-0.4, -0.2) is 49.7 Å². The van der Waals surface area contributed by atoms with E-state index in [-0.39, 0.29) is 17.7 Å². The molecule has 1 unspecified atom stereocenters. The first-order chi connectivity index (χ1) is 7.79. The van der Waals surface area contributed by atoms with Gasteiger partial charge < -0.3 is 15.3 Å². The molecule has 1 aliphatic heterocycles. The molecule has 8 nitrogen and oxygen atoms in total. The van der Waals surface area contributed by atoms with Crippen molar-refractivity contribution in [3.8, 4) is 0 Å². The van der Waals surface area contributed by atoms with Gasteiger partial charge in [0, 0.05) is 19.3 Å². The highest BCUT2D eigenvalue weighted by Gasteiger charge is 2.50. The molecule has 1 saturated heterocycles. The molecule has 0 bridgehead atoms. The van der Waals surface area contributed by atoms with E-state index in [4.69, 9.17) is 10.2 Å². The normalized spacial score (nSPS) is 19.2. The molecule has 1 rings (SSSR count). The average molecular weight is 245 g/mol. The van der Waals surface area contributed by atoms with E-state index in [0.29, 0.717) is 0 Å². The van der Waals surface area contributed by atoms with Crippen LogP contribution in [0, 0.1) is 0 Å². The third-order valence-electron chi connectivity index (χ3n) is 2.45. The first-order valence-corrected chi connectivity index (χ1v) is 4.82. The molecule has 1 aliphatic rings. The molecule has 0 aliphatic carbocycles. The number of carboxylic acid groups (broad SMARTS) is 2. The van der Waals surface area contributed by atoms with Crippen LogP contribution in [-0.2, 0) is 19.2 Å².